The summed E-state index contributed by atoms with van der Waals surface area (Å²) in [5.41, 5.74) is 0.596. The third-order valence-electron chi connectivity index (χ3n) is 3.21. The molecule has 21 heavy (non-hydrogen) atoms. The standard InChI is InChI=1S/C15H13NO5/c1-19-15(18)13-9-16(14(17)12-7-4-8-20-12)10-5-2-3-6-11(10)21-13/h2-8,13H,9H2,1H3/t13-/m1/s1. The molecule has 3 rings (SSSR count). The molecule has 6 heteroatoms. The molecule has 2 aromatic rings. The van der Waals surface area contributed by atoms with Gasteiger partial charge in [-0.25, -0.2) is 4.79 Å². The first kappa shape index (κ1) is 13.2. The summed E-state index contributed by atoms with van der Waals surface area (Å²) in [6, 6.07) is 10.2. The van der Waals surface area contributed by atoms with Gasteiger partial charge in [-0.2, -0.15) is 0 Å². The second kappa shape index (κ2) is 5.32. The molecular weight excluding hydrogens is 274 g/mol. The normalized spacial score (nSPS) is 16.8. The summed E-state index contributed by atoms with van der Waals surface area (Å²) in [5.74, 6) is -0.194. The SMILES string of the molecule is COC(=O)[C@H]1CN(C(=O)c2ccco2)c2ccccc2O1. The molecule has 0 saturated carbocycles. The minimum absolute atomic E-state index is 0.0726. The van der Waals surface area contributed by atoms with E-state index in [-0.39, 0.29) is 18.2 Å². The van der Waals surface area contributed by atoms with Crippen LogP contribution in [0.15, 0.2) is 47.1 Å². The predicted octanol–water partition coefficient (Wildman–Crippen LogP) is 1.86. The molecule has 1 atom stereocenters. The minimum atomic E-state index is -0.858. The lowest BCUT2D eigenvalue weighted by atomic mass is 10.1. The van der Waals surface area contributed by atoms with E-state index in [0.29, 0.717) is 11.4 Å². The van der Waals surface area contributed by atoms with E-state index in [9.17, 15) is 9.59 Å². The molecular formula is C15H13NO5. The monoisotopic (exact) mass is 287 g/mol. The highest BCUT2D eigenvalue weighted by atomic mass is 16.6. The maximum atomic E-state index is 12.5. The number of amides is 1. The first-order chi connectivity index (χ1) is 10.2. The van der Waals surface area contributed by atoms with Crippen molar-refractivity contribution >= 4 is 17.6 Å². The lowest BCUT2D eigenvalue weighted by Crippen LogP contribution is -2.47. The van der Waals surface area contributed by atoms with Gasteiger partial charge >= 0.3 is 5.97 Å². The second-order valence-electron chi connectivity index (χ2n) is 4.49. The van der Waals surface area contributed by atoms with Crippen molar-refractivity contribution in [1.82, 2.24) is 0 Å². The number of esters is 1. The molecule has 2 heterocycles. The summed E-state index contributed by atoms with van der Waals surface area (Å²) >= 11 is 0. The number of hydrogen-bond donors (Lipinski definition) is 0. The maximum absolute atomic E-state index is 12.5. The smallest absolute Gasteiger partial charge is 0.348 e. The Labute approximate surface area is 120 Å². The summed E-state index contributed by atoms with van der Waals surface area (Å²) < 4.78 is 15.4. The molecule has 6 nitrogen and oxygen atoms in total. The van der Waals surface area contributed by atoms with Crippen molar-refractivity contribution in [2.24, 2.45) is 0 Å². The van der Waals surface area contributed by atoms with Crippen LogP contribution in [0.1, 0.15) is 10.6 Å². The first-order valence-corrected chi connectivity index (χ1v) is 6.39. The van der Waals surface area contributed by atoms with Crippen molar-refractivity contribution in [2.45, 2.75) is 6.10 Å². The van der Waals surface area contributed by atoms with Gasteiger partial charge in [-0.05, 0) is 24.3 Å². The number of carbonyl (C=O) groups excluding carboxylic acids is 2. The van der Waals surface area contributed by atoms with Crippen molar-refractivity contribution in [3.8, 4) is 5.75 Å². The van der Waals surface area contributed by atoms with Crippen LogP contribution < -0.4 is 9.64 Å². The molecule has 1 aromatic carbocycles. The van der Waals surface area contributed by atoms with Crippen LogP contribution in [0.5, 0.6) is 5.75 Å². The van der Waals surface area contributed by atoms with Crippen molar-refractivity contribution in [3.63, 3.8) is 0 Å². The fourth-order valence-corrected chi connectivity index (χ4v) is 2.21. The van der Waals surface area contributed by atoms with Gasteiger partial charge < -0.3 is 13.9 Å². The quantitative estimate of drug-likeness (QED) is 0.789. The molecule has 0 aliphatic carbocycles. The highest BCUT2D eigenvalue weighted by Crippen LogP contribution is 2.34. The van der Waals surface area contributed by atoms with Crippen molar-refractivity contribution in [2.75, 3.05) is 18.6 Å². The maximum Gasteiger partial charge on any atom is 0.348 e. The number of methoxy groups -OCH3 is 1. The molecule has 0 saturated heterocycles. The Kier molecular flexibility index (Phi) is 3.35. The molecule has 1 aliphatic rings. The number of ether oxygens (including phenoxy) is 2. The van der Waals surface area contributed by atoms with Gasteiger partial charge in [0.05, 0.1) is 25.6 Å². The molecule has 0 N–H and O–H groups in total. The Morgan fingerprint density at radius 3 is 2.76 bits per heavy atom. The minimum Gasteiger partial charge on any atom is -0.475 e. The van der Waals surface area contributed by atoms with Gasteiger partial charge in [0.25, 0.3) is 5.91 Å². The number of para-hydroxylation sites is 2. The molecule has 0 radical (unpaired) electrons. The summed E-state index contributed by atoms with van der Waals surface area (Å²) in [5, 5.41) is 0. The molecule has 108 valence electrons. The Morgan fingerprint density at radius 1 is 1.24 bits per heavy atom. The number of nitrogens with zero attached hydrogens (tertiary/aromatic N) is 1. The Bertz CT molecular complexity index is 664. The predicted molar refractivity (Wildman–Crippen MR) is 73.3 cm³/mol. The highest BCUT2D eigenvalue weighted by Gasteiger charge is 2.35. The molecule has 1 amide bonds. The van der Waals surface area contributed by atoms with E-state index in [4.69, 9.17) is 13.9 Å². The molecule has 1 aliphatic heterocycles. The second-order valence-corrected chi connectivity index (χ2v) is 4.49. The van der Waals surface area contributed by atoms with Crippen LogP contribution in [0.3, 0.4) is 0 Å². The van der Waals surface area contributed by atoms with Crippen LogP contribution in [0.2, 0.25) is 0 Å². The average molecular weight is 287 g/mol. The van der Waals surface area contributed by atoms with Crippen LogP contribution in [0, 0.1) is 0 Å². The van der Waals surface area contributed by atoms with E-state index >= 15 is 0 Å². The summed E-state index contributed by atoms with van der Waals surface area (Å²) in [6.07, 6.45) is 0.570. The topological polar surface area (TPSA) is 69.0 Å². The third kappa shape index (κ3) is 2.35. The van der Waals surface area contributed by atoms with Crippen LogP contribution in [0.4, 0.5) is 5.69 Å². The number of furan rings is 1. The van der Waals surface area contributed by atoms with Gasteiger partial charge in [-0.1, -0.05) is 12.1 Å². The zero-order chi connectivity index (χ0) is 14.8. The average Bonchev–Trinajstić information content (AvgIpc) is 3.06. The van der Waals surface area contributed by atoms with Gasteiger partial charge in [0.15, 0.2) is 5.76 Å². The van der Waals surface area contributed by atoms with Crippen LogP contribution >= 0.6 is 0 Å². The number of hydrogen-bond acceptors (Lipinski definition) is 5. The van der Waals surface area contributed by atoms with E-state index in [2.05, 4.69) is 0 Å². The van der Waals surface area contributed by atoms with Crippen LogP contribution in [-0.2, 0) is 9.53 Å². The Hall–Kier alpha value is -2.76. The zero-order valence-electron chi connectivity index (χ0n) is 11.3. The summed E-state index contributed by atoms with van der Waals surface area (Å²) in [7, 11) is 1.28. The van der Waals surface area contributed by atoms with E-state index in [0.717, 1.165) is 0 Å². The lowest BCUT2D eigenvalue weighted by molar-refractivity contribution is -0.148. The van der Waals surface area contributed by atoms with Crippen molar-refractivity contribution < 1.29 is 23.5 Å². The molecule has 0 bridgehead atoms. The summed E-state index contributed by atoms with van der Waals surface area (Å²) in [6.45, 7) is 0.0726. The fraction of sp³-hybridized carbons (Fsp3) is 0.200. The van der Waals surface area contributed by atoms with Gasteiger partial charge in [-0.15, -0.1) is 0 Å². The van der Waals surface area contributed by atoms with Gasteiger partial charge in [0.1, 0.15) is 5.75 Å². The Morgan fingerprint density at radius 2 is 2.05 bits per heavy atom. The van der Waals surface area contributed by atoms with Gasteiger partial charge in [-0.3, -0.25) is 9.69 Å². The number of benzene rings is 1. The van der Waals surface area contributed by atoms with E-state index < -0.39 is 12.1 Å². The Balaban J connectivity index is 1.98. The number of carbonyl (C=O) groups is 2. The molecule has 0 unspecified atom stereocenters. The molecule has 0 spiro atoms. The highest BCUT2D eigenvalue weighted by molar-refractivity contribution is 6.06. The fourth-order valence-electron chi connectivity index (χ4n) is 2.21. The lowest BCUT2D eigenvalue weighted by Gasteiger charge is -2.33. The third-order valence-corrected chi connectivity index (χ3v) is 3.21. The van der Waals surface area contributed by atoms with E-state index in [1.54, 1.807) is 36.4 Å². The van der Waals surface area contributed by atoms with E-state index in [1.165, 1.54) is 18.3 Å². The van der Waals surface area contributed by atoms with E-state index in [1.807, 2.05) is 0 Å². The summed E-state index contributed by atoms with van der Waals surface area (Å²) in [4.78, 5) is 25.7. The zero-order valence-corrected chi connectivity index (χ0v) is 11.3. The van der Waals surface area contributed by atoms with Crippen molar-refractivity contribution in [1.29, 1.82) is 0 Å². The van der Waals surface area contributed by atoms with Crippen LogP contribution in [0.25, 0.3) is 0 Å². The molecule has 0 fully saturated rings. The number of fused-ring (bicyclic) bond motifs is 1. The molecule has 1 aromatic heterocycles. The number of anilines is 1. The van der Waals surface area contributed by atoms with Gasteiger partial charge in [0.2, 0.25) is 6.10 Å². The van der Waals surface area contributed by atoms with Gasteiger partial charge in [0, 0.05) is 0 Å². The number of rotatable bonds is 2. The first-order valence-electron chi connectivity index (χ1n) is 6.39. The van der Waals surface area contributed by atoms with Crippen LogP contribution in [-0.4, -0.2) is 31.6 Å². The van der Waals surface area contributed by atoms with Crippen molar-refractivity contribution in [3.05, 3.63) is 48.4 Å². The largest absolute Gasteiger partial charge is 0.475 e.